The molecule has 0 radical (unpaired) electrons. The number of halogens is 4. The zero-order chi connectivity index (χ0) is 25.8. The van der Waals surface area contributed by atoms with Gasteiger partial charge in [0.05, 0.1) is 38.3 Å². The van der Waals surface area contributed by atoms with Gasteiger partial charge in [-0.15, -0.1) is 11.3 Å². The summed E-state index contributed by atoms with van der Waals surface area (Å²) in [5.74, 6) is -3.74. The lowest BCUT2D eigenvalue weighted by molar-refractivity contribution is -0.181. The number of anilines is 2. The second kappa shape index (κ2) is 11.1. The lowest BCUT2D eigenvalue weighted by Gasteiger charge is -2.24. The third kappa shape index (κ3) is 5.84. The highest BCUT2D eigenvalue weighted by molar-refractivity contribution is 7.09. The summed E-state index contributed by atoms with van der Waals surface area (Å²) in [6.45, 7) is -0.307. The second-order valence-corrected chi connectivity index (χ2v) is 8.82. The second-order valence-electron chi connectivity index (χ2n) is 7.84. The largest absolute Gasteiger partial charge is 0.442 e. The van der Waals surface area contributed by atoms with Gasteiger partial charge >= 0.3 is 12.5 Å². The summed E-state index contributed by atoms with van der Waals surface area (Å²) < 4.78 is 59.7. The third-order valence-corrected chi connectivity index (χ3v) is 6.23. The molecular formula is C21H21F4N5O5S. The maximum absolute atomic E-state index is 15.0. The molecule has 2 fully saturated rings. The molecule has 0 bridgehead atoms. The Morgan fingerprint density at radius 1 is 1.19 bits per heavy atom. The monoisotopic (exact) mass is 531 g/mol. The van der Waals surface area contributed by atoms with Crippen LogP contribution in [-0.2, 0) is 25.6 Å². The Hall–Kier alpha value is -3.46. The molecule has 2 saturated heterocycles. The predicted octanol–water partition coefficient (Wildman–Crippen LogP) is 1.95. The van der Waals surface area contributed by atoms with Gasteiger partial charge in [-0.1, -0.05) is 0 Å². The number of cyclic esters (lactones) is 1. The Labute approximate surface area is 206 Å². The minimum atomic E-state index is -3.22. The number of carbonyl (C=O) groups is 3. The van der Waals surface area contributed by atoms with Crippen LogP contribution >= 0.6 is 11.3 Å². The highest BCUT2D eigenvalue weighted by Gasteiger charge is 2.34. The highest BCUT2D eigenvalue weighted by Crippen LogP contribution is 2.31. The minimum Gasteiger partial charge on any atom is -0.442 e. The van der Waals surface area contributed by atoms with Crippen LogP contribution in [0.1, 0.15) is 5.01 Å². The molecule has 0 unspecified atom stereocenters. The Kier molecular flexibility index (Phi) is 7.88. The molecule has 0 spiro atoms. The van der Waals surface area contributed by atoms with Crippen LogP contribution in [-0.4, -0.2) is 79.8 Å². The van der Waals surface area contributed by atoms with Gasteiger partial charge in [-0.2, -0.15) is 8.78 Å². The molecule has 2 aliphatic rings. The smallest absolute Gasteiger partial charge is 0.414 e. The summed E-state index contributed by atoms with van der Waals surface area (Å²) >= 11 is 1.33. The maximum atomic E-state index is 15.0. The van der Waals surface area contributed by atoms with Gasteiger partial charge < -0.3 is 15.0 Å². The molecule has 1 N–H and O–H groups in total. The van der Waals surface area contributed by atoms with E-state index in [1.54, 1.807) is 11.6 Å². The van der Waals surface area contributed by atoms with Gasteiger partial charge in [-0.3, -0.25) is 19.3 Å². The van der Waals surface area contributed by atoms with E-state index in [0.717, 1.165) is 22.1 Å². The number of nitrogens with one attached hydrogen (secondary N) is 1. The first kappa shape index (κ1) is 25.6. The van der Waals surface area contributed by atoms with Gasteiger partial charge in [0.15, 0.2) is 11.6 Å². The minimum absolute atomic E-state index is 0.00864. The quantitative estimate of drug-likeness (QED) is 0.545. The fraction of sp³-hybridized carbons (Fsp3) is 0.429. The number of amides is 3. The van der Waals surface area contributed by atoms with Crippen LogP contribution in [0.2, 0.25) is 0 Å². The van der Waals surface area contributed by atoms with E-state index >= 15 is 8.78 Å². The van der Waals surface area contributed by atoms with Crippen LogP contribution < -0.4 is 15.1 Å². The molecule has 10 nitrogen and oxygen atoms in total. The molecule has 15 heteroatoms. The van der Waals surface area contributed by atoms with Crippen LogP contribution in [0.15, 0.2) is 23.7 Å². The molecule has 4 rings (SSSR count). The van der Waals surface area contributed by atoms with E-state index < -0.39 is 36.2 Å². The van der Waals surface area contributed by atoms with Crippen LogP contribution in [0.25, 0.3) is 0 Å². The van der Waals surface area contributed by atoms with Crippen molar-refractivity contribution in [2.75, 3.05) is 49.1 Å². The average Bonchev–Trinajstić information content (AvgIpc) is 3.40. The number of benzene rings is 1. The molecule has 0 saturated carbocycles. The zero-order valence-corrected chi connectivity index (χ0v) is 19.5. The van der Waals surface area contributed by atoms with Crippen LogP contribution in [0.3, 0.4) is 0 Å². The van der Waals surface area contributed by atoms with E-state index in [0.29, 0.717) is 5.01 Å². The summed E-state index contributed by atoms with van der Waals surface area (Å²) in [6, 6.07) is 1.91. The van der Waals surface area contributed by atoms with Crippen molar-refractivity contribution < 1.29 is 41.5 Å². The van der Waals surface area contributed by atoms with Gasteiger partial charge in [0.2, 0.25) is 0 Å². The van der Waals surface area contributed by atoms with Crippen molar-refractivity contribution in [3.63, 3.8) is 0 Å². The van der Waals surface area contributed by atoms with Crippen molar-refractivity contribution in [3.8, 4) is 0 Å². The number of nitrogens with zero attached hydrogens (tertiary/aromatic N) is 4. The van der Waals surface area contributed by atoms with Crippen molar-refractivity contribution in [3.05, 3.63) is 40.4 Å². The predicted molar refractivity (Wildman–Crippen MR) is 119 cm³/mol. The van der Waals surface area contributed by atoms with Crippen LogP contribution in [0.5, 0.6) is 0 Å². The number of rotatable bonds is 7. The van der Waals surface area contributed by atoms with E-state index in [9.17, 15) is 23.2 Å². The Bertz CT molecular complexity index is 1100. The topological polar surface area (TPSA) is 104 Å². The number of hydrogen-bond acceptors (Lipinski definition) is 8. The number of thiazole rings is 1. The molecule has 1 atom stereocenters. The maximum Gasteiger partial charge on any atom is 0.414 e. The van der Waals surface area contributed by atoms with Crippen molar-refractivity contribution in [2.24, 2.45) is 0 Å². The van der Waals surface area contributed by atoms with E-state index in [-0.39, 0.29) is 63.0 Å². The lowest BCUT2D eigenvalue weighted by Crippen LogP contribution is -2.37. The number of carbonyl (C=O) groups excluding carboxylic acids is 3. The Morgan fingerprint density at radius 2 is 1.94 bits per heavy atom. The van der Waals surface area contributed by atoms with Gasteiger partial charge in [0.1, 0.15) is 16.8 Å². The van der Waals surface area contributed by atoms with E-state index in [1.165, 1.54) is 16.2 Å². The molecule has 194 valence electrons. The summed E-state index contributed by atoms with van der Waals surface area (Å²) in [7, 11) is 0. The summed E-state index contributed by atoms with van der Waals surface area (Å²) in [5, 5.41) is 5.45. The normalized spacial score (nSPS) is 18.4. The fourth-order valence-corrected chi connectivity index (χ4v) is 4.37. The number of alkyl halides is 2. The number of hydroxylamine groups is 2. The first-order valence-corrected chi connectivity index (χ1v) is 11.7. The van der Waals surface area contributed by atoms with E-state index in [4.69, 9.17) is 9.57 Å². The number of ether oxygens (including phenoxy) is 1. The molecule has 36 heavy (non-hydrogen) atoms. The van der Waals surface area contributed by atoms with Crippen molar-refractivity contribution in [1.29, 1.82) is 0 Å². The number of aromatic nitrogens is 1. The first-order valence-electron chi connectivity index (χ1n) is 10.8. The number of hydrogen-bond donors (Lipinski definition) is 1. The van der Waals surface area contributed by atoms with Crippen molar-refractivity contribution in [1.82, 2.24) is 15.4 Å². The van der Waals surface area contributed by atoms with Crippen molar-refractivity contribution >= 4 is 40.6 Å². The van der Waals surface area contributed by atoms with E-state index in [2.05, 4.69) is 4.98 Å². The Balaban J connectivity index is 1.40. The van der Waals surface area contributed by atoms with Crippen molar-refractivity contribution in [2.45, 2.75) is 19.0 Å². The molecule has 1 aromatic heterocycles. The first-order chi connectivity index (χ1) is 17.2. The van der Waals surface area contributed by atoms with Gasteiger partial charge in [0, 0.05) is 36.8 Å². The standard InChI is InChI=1S/C21H21F4N5O5S/c22-14-7-12(29-11-13(35-21(29)33)10-27-20(32)19(24)25)8-15(23)18(14)28-2-3-30(34-5-4-28)17(31)9-16-26-1-6-36-16/h1,6-8,13,19H,2-5,9-11H2,(H,27,32)/t13-/m0/s1. The highest BCUT2D eigenvalue weighted by atomic mass is 32.1. The van der Waals surface area contributed by atoms with Gasteiger partial charge in [-0.05, 0) is 0 Å². The lowest BCUT2D eigenvalue weighted by atomic mass is 10.2. The molecular weight excluding hydrogens is 510 g/mol. The molecule has 3 amide bonds. The molecule has 2 aromatic rings. The SMILES string of the molecule is O=C(NC[C@H]1CN(c2cc(F)c(N3CCON(C(=O)Cc4nccs4)CC3)c(F)c2)C(=O)O1)C(F)F. The zero-order valence-electron chi connectivity index (χ0n) is 18.7. The van der Waals surface area contributed by atoms with E-state index in [1.807, 2.05) is 5.32 Å². The Morgan fingerprint density at radius 3 is 2.61 bits per heavy atom. The van der Waals surface area contributed by atoms with Crippen LogP contribution in [0.4, 0.5) is 33.7 Å². The van der Waals surface area contributed by atoms with Gasteiger partial charge in [0.25, 0.3) is 11.8 Å². The molecule has 0 aliphatic carbocycles. The summed E-state index contributed by atoms with van der Waals surface area (Å²) in [6.07, 6.45) is -3.49. The molecule has 3 heterocycles. The fourth-order valence-electron chi connectivity index (χ4n) is 3.77. The van der Waals surface area contributed by atoms with Gasteiger partial charge in [-0.25, -0.2) is 23.6 Å². The molecule has 1 aromatic carbocycles. The summed E-state index contributed by atoms with van der Waals surface area (Å²) in [5.41, 5.74) is -0.474. The third-order valence-electron chi connectivity index (χ3n) is 5.45. The average molecular weight is 531 g/mol. The molecule has 2 aliphatic heterocycles. The summed E-state index contributed by atoms with van der Waals surface area (Å²) in [4.78, 5) is 47.5. The van der Waals surface area contributed by atoms with Crippen LogP contribution in [0, 0.1) is 11.6 Å².